The molecule has 0 bridgehead atoms. The minimum Gasteiger partial charge on any atom is -0.383 e. The van der Waals surface area contributed by atoms with Crippen LogP contribution >= 0.6 is 15.9 Å². The van der Waals surface area contributed by atoms with Gasteiger partial charge in [-0.2, -0.15) is 0 Å². The van der Waals surface area contributed by atoms with Crippen molar-refractivity contribution in [1.82, 2.24) is 4.57 Å². The van der Waals surface area contributed by atoms with Gasteiger partial charge in [0, 0.05) is 35.5 Å². The average molecular weight is 307 g/mol. The molecule has 18 heavy (non-hydrogen) atoms. The van der Waals surface area contributed by atoms with Crippen LogP contribution in [0.2, 0.25) is 0 Å². The standard InChI is InChI=1S/C14H15BrN2O/c1-11-10-12(5-6-13(11)15)16-7-9-17-8-3-2-4-14(17)18/h2-6,8,10,16H,7,9H2,1H3. The van der Waals surface area contributed by atoms with Gasteiger partial charge in [-0.3, -0.25) is 4.79 Å². The molecule has 2 rings (SSSR count). The number of halogens is 1. The van der Waals surface area contributed by atoms with Crippen LogP contribution < -0.4 is 10.9 Å². The van der Waals surface area contributed by atoms with E-state index in [4.69, 9.17) is 0 Å². The topological polar surface area (TPSA) is 34.0 Å². The molecule has 1 aromatic carbocycles. The lowest BCUT2D eigenvalue weighted by molar-refractivity contribution is 0.697. The molecule has 0 atom stereocenters. The molecule has 4 heteroatoms. The van der Waals surface area contributed by atoms with E-state index in [0.29, 0.717) is 6.54 Å². The van der Waals surface area contributed by atoms with Crippen molar-refractivity contribution in [2.24, 2.45) is 0 Å². The van der Waals surface area contributed by atoms with Gasteiger partial charge in [0.05, 0.1) is 0 Å². The van der Waals surface area contributed by atoms with E-state index in [1.165, 1.54) is 5.56 Å². The molecule has 0 saturated heterocycles. The van der Waals surface area contributed by atoms with Crippen LogP contribution in [0.15, 0.2) is 51.9 Å². The number of pyridine rings is 1. The summed E-state index contributed by atoms with van der Waals surface area (Å²) in [5.74, 6) is 0. The van der Waals surface area contributed by atoms with E-state index in [-0.39, 0.29) is 5.56 Å². The molecule has 0 amide bonds. The van der Waals surface area contributed by atoms with Gasteiger partial charge in [0.1, 0.15) is 0 Å². The number of nitrogens with zero attached hydrogens (tertiary/aromatic N) is 1. The maximum Gasteiger partial charge on any atom is 0.250 e. The van der Waals surface area contributed by atoms with E-state index >= 15 is 0 Å². The molecule has 1 N–H and O–H groups in total. The number of hydrogen-bond donors (Lipinski definition) is 1. The Kier molecular flexibility index (Phi) is 4.20. The smallest absolute Gasteiger partial charge is 0.250 e. The predicted octanol–water partition coefficient (Wildman–Crippen LogP) is 3.03. The fourth-order valence-electron chi connectivity index (χ4n) is 1.72. The van der Waals surface area contributed by atoms with Crippen molar-refractivity contribution in [3.63, 3.8) is 0 Å². The van der Waals surface area contributed by atoms with Gasteiger partial charge >= 0.3 is 0 Å². The lowest BCUT2D eigenvalue weighted by Crippen LogP contribution is -2.21. The number of benzene rings is 1. The summed E-state index contributed by atoms with van der Waals surface area (Å²) in [5.41, 5.74) is 2.29. The van der Waals surface area contributed by atoms with E-state index in [1.54, 1.807) is 22.9 Å². The monoisotopic (exact) mass is 306 g/mol. The molecule has 1 aromatic heterocycles. The van der Waals surface area contributed by atoms with Gasteiger partial charge in [-0.25, -0.2) is 0 Å². The van der Waals surface area contributed by atoms with E-state index in [1.807, 2.05) is 18.2 Å². The van der Waals surface area contributed by atoms with Gasteiger partial charge in [-0.05, 0) is 36.8 Å². The largest absolute Gasteiger partial charge is 0.383 e. The second-order valence-corrected chi connectivity index (χ2v) is 4.98. The van der Waals surface area contributed by atoms with Crippen molar-refractivity contribution in [2.75, 3.05) is 11.9 Å². The average Bonchev–Trinajstić information content (AvgIpc) is 2.36. The molecule has 0 radical (unpaired) electrons. The Morgan fingerprint density at radius 3 is 2.83 bits per heavy atom. The Balaban J connectivity index is 1.95. The van der Waals surface area contributed by atoms with Crippen molar-refractivity contribution in [2.45, 2.75) is 13.5 Å². The first-order valence-electron chi connectivity index (χ1n) is 5.82. The Morgan fingerprint density at radius 2 is 2.11 bits per heavy atom. The van der Waals surface area contributed by atoms with Gasteiger partial charge in [0.25, 0.3) is 5.56 Å². The molecule has 94 valence electrons. The maximum atomic E-state index is 11.5. The van der Waals surface area contributed by atoms with Crippen LogP contribution in [-0.2, 0) is 6.54 Å². The maximum absolute atomic E-state index is 11.5. The van der Waals surface area contributed by atoms with E-state index < -0.39 is 0 Å². The first kappa shape index (κ1) is 12.9. The predicted molar refractivity (Wildman–Crippen MR) is 78.1 cm³/mol. The van der Waals surface area contributed by atoms with Gasteiger partial charge in [0.15, 0.2) is 0 Å². The molecule has 3 nitrogen and oxygen atoms in total. The summed E-state index contributed by atoms with van der Waals surface area (Å²) < 4.78 is 2.80. The minimum atomic E-state index is 0.0336. The summed E-state index contributed by atoms with van der Waals surface area (Å²) in [6.07, 6.45) is 1.80. The number of rotatable bonds is 4. The second kappa shape index (κ2) is 5.87. The van der Waals surface area contributed by atoms with Crippen molar-refractivity contribution in [3.05, 3.63) is 63.0 Å². The van der Waals surface area contributed by atoms with Crippen LogP contribution in [0.4, 0.5) is 5.69 Å². The lowest BCUT2D eigenvalue weighted by Gasteiger charge is -2.09. The number of anilines is 1. The summed E-state index contributed by atoms with van der Waals surface area (Å²) in [6, 6.07) is 11.3. The van der Waals surface area contributed by atoms with Crippen molar-refractivity contribution < 1.29 is 0 Å². The van der Waals surface area contributed by atoms with E-state index in [9.17, 15) is 4.79 Å². The van der Waals surface area contributed by atoms with E-state index in [2.05, 4.69) is 34.2 Å². The summed E-state index contributed by atoms with van der Waals surface area (Å²) in [7, 11) is 0. The van der Waals surface area contributed by atoms with Crippen LogP contribution in [0.5, 0.6) is 0 Å². The van der Waals surface area contributed by atoms with Gasteiger partial charge in [-0.15, -0.1) is 0 Å². The highest BCUT2D eigenvalue weighted by atomic mass is 79.9. The zero-order valence-electron chi connectivity index (χ0n) is 10.2. The summed E-state index contributed by atoms with van der Waals surface area (Å²) in [5, 5.41) is 3.31. The molecule has 0 saturated carbocycles. The number of hydrogen-bond acceptors (Lipinski definition) is 2. The van der Waals surface area contributed by atoms with Gasteiger partial charge in [-0.1, -0.05) is 22.0 Å². The van der Waals surface area contributed by atoms with Crippen LogP contribution in [0.25, 0.3) is 0 Å². The molecule has 2 aromatic rings. The molecular formula is C14H15BrN2O. The molecular weight excluding hydrogens is 292 g/mol. The zero-order chi connectivity index (χ0) is 13.0. The highest BCUT2D eigenvalue weighted by Crippen LogP contribution is 2.19. The van der Waals surface area contributed by atoms with Gasteiger partial charge < -0.3 is 9.88 Å². The number of nitrogens with one attached hydrogen (secondary N) is 1. The third-order valence-corrected chi connectivity index (χ3v) is 3.63. The lowest BCUT2D eigenvalue weighted by atomic mass is 10.2. The van der Waals surface area contributed by atoms with Gasteiger partial charge in [0.2, 0.25) is 0 Å². The first-order chi connectivity index (χ1) is 8.66. The summed E-state index contributed by atoms with van der Waals surface area (Å²) in [6.45, 7) is 3.44. The third-order valence-electron chi connectivity index (χ3n) is 2.74. The number of aryl methyl sites for hydroxylation is 1. The second-order valence-electron chi connectivity index (χ2n) is 4.12. The molecule has 1 heterocycles. The Hall–Kier alpha value is -1.55. The van der Waals surface area contributed by atoms with Crippen LogP contribution in [0, 0.1) is 6.92 Å². The molecule has 0 aliphatic carbocycles. The first-order valence-corrected chi connectivity index (χ1v) is 6.61. The quantitative estimate of drug-likeness (QED) is 0.942. The van der Waals surface area contributed by atoms with Crippen molar-refractivity contribution in [3.8, 4) is 0 Å². The Morgan fingerprint density at radius 1 is 1.28 bits per heavy atom. The molecule has 0 aliphatic rings. The Bertz CT molecular complexity index is 592. The Labute approximate surface area is 115 Å². The SMILES string of the molecule is Cc1cc(NCCn2ccccc2=O)ccc1Br. The fraction of sp³-hybridized carbons (Fsp3) is 0.214. The van der Waals surface area contributed by atoms with Crippen molar-refractivity contribution in [1.29, 1.82) is 0 Å². The summed E-state index contributed by atoms with van der Waals surface area (Å²) in [4.78, 5) is 11.5. The zero-order valence-corrected chi connectivity index (χ0v) is 11.8. The molecule has 0 spiro atoms. The normalized spacial score (nSPS) is 10.3. The highest BCUT2D eigenvalue weighted by molar-refractivity contribution is 9.10. The molecule has 0 unspecified atom stereocenters. The highest BCUT2D eigenvalue weighted by Gasteiger charge is 1.97. The van der Waals surface area contributed by atoms with Crippen LogP contribution in [-0.4, -0.2) is 11.1 Å². The summed E-state index contributed by atoms with van der Waals surface area (Å²) >= 11 is 3.47. The molecule has 0 fully saturated rings. The van der Waals surface area contributed by atoms with E-state index in [0.717, 1.165) is 16.7 Å². The van der Waals surface area contributed by atoms with Crippen LogP contribution in [0.3, 0.4) is 0 Å². The van der Waals surface area contributed by atoms with Crippen molar-refractivity contribution >= 4 is 21.6 Å². The molecule has 0 aliphatic heterocycles. The van der Waals surface area contributed by atoms with Crippen LogP contribution in [0.1, 0.15) is 5.56 Å². The number of aromatic nitrogens is 1. The minimum absolute atomic E-state index is 0.0336. The fourth-order valence-corrected chi connectivity index (χ4v) is 1.97. The third kappa shape index (κ3) is 3.23.